The Morgan fingerprint density at radius 2 is 1.83 bits per heavy atom. The van der Waals surface area contributed by atoms with Crippen LogP contribution in [0.3, 0.4) is 0 Å². The fourth-order valence-corrected chi connectivity index (χ4v) is 1.84. The molecule has 0 atom stereocenters. The van der Waals surface area contributed by atoms with Crippen molar-refractivity contribution < 1.29 is 14.3 Å². The zero-order chi connectivity index (χ0) is 16.7. The lowest BCUT2D eigenvalue weighted by Gasteiger charge is -2.16. The zero-order valence-electron chi connectivity index (χ0n) is 12.7. The summed E-state index contributed by atoms with van der Waals surface area (Å²) in [4.78, 5) is 11.5. The maximum Gasteiger partial charge on any atom is 0.428 e. The average Bonchev–Trinajstić information content (AvgIpc) is 2.60. The average molecular weight is 311 g/mol. The second kappa shape index (κ2) is 7.82. The van der Waals surface area contributed by atoms with Crippen molar-refractivity contribution in [2.45, 2.75) is 13.5 Å². The molecule has 0 aliphatic heterocycles. The van der Waals surface area contributed by atoms with Gasteiger partial charge in [-0.15, -0.1) is 0 Å². The summed E-state index contributed by atoms with van der Waals surface area (Å²) in [5, 5.41) is 9.69. The number of rotatable bonds is 5. The number of nitrogens with zero attached hydrogens (tertiary/aromatic N) is 2. The highest BCUT2D eigenvalue weighted by Gasteiger charge is 2.12. The molecule has 0 spiro atoms. The van der Waals surface area contributed by atoms with Crippen LogP contribution in [0.15, 0.2) is 48.5 Å². The summed E-state index contributed by atoms with van der Waals surface area (Å²) in [6.07, 6.45) is -0.612. The first-order valence-corrected chi connectivity index (χ1v) is 7.07. The number of hydrogen-bond donors (Lipinski definition) is 1. The molecule has 0 fully saturated rings. The molecule has 23 heavy (non-hydrogen) atoms. The Balaban J connectivity index is 1.94. The second-order valence-electron chi connectivity index (χ2n) is 4.66. The largest absolute Gasteiger partial charge is 0.489 e. The van der Waals surface area contributed by atoms with E-state index < -0.39 is 6.09 Å². The van der Waals surface area contributed by atoms with Crippen molar-refractivity contribution in [3.63, 3.8) is 0 Å². The van der Waals surface area contributed by atoms with Crippen LogP contribution in [0.1, 0.15) is 18.1 Å². The molecule has 6 nitrogen and oxygen atoms in total. The van der Waals surface area contributed by atoms with E-state index in [0.717, 1.165) is 10.6 Å². The third kappa shape index (κ3) is 4.46. The van der Waals surface area contributed by atoms with Crippen molar-refractivity contribution in [2.75, 3.05) is 11.6 Å². The van der Waals surface area contributed by atoms with Gasteiger partial charge in [-0.25, -0.2) is 15.6 Å². The molecule has 6 heteroatoms. The van der Waals surface area contributed by atoms with E-state index in [1.54, 1.807) is 43.3 Å². The van der Waals surface area contributed by atoms with Gasteiger partial charge < -0.3 is 9.47 Å². The molecule has 0 saturated heterocycles. The topological polar surface area (TPSA) is 88.6 Å². The summed E-state index contributed by atoms with van der Waals surface area (Å²) < 4.78 is 10.5. The number of benzene rings is 2. The third-order valence-electron chi connectivity index (χ3n) is 3.07. The molecule has 0 aromatic heterocycles. The van der Waals surface area contributed by atoms with Crippen LogP contribution in [-0.4, -0.2) is 12.7 Å². The molecule has 2 aromatic carbocycles. The van der Waals surface area contributed by atoms with Gasteiger partial charge in [-0.05, 0) is 48.9 Å². The highest BCUT2D eigenvalue weighted by Crippen LogP contribution is 2.19. The van der Waals surface area contributed by atoms with Gasteiger partial charge in [0.25, 0.3) is 0 Å². The van der Waals surface area contributed by atoms with Crippen LogP contribution in [0.2, 0.25) is 0 Å². The minimum Gasteiger partial charge on any atom is -0.489 e. The maximum absolute atomic E-state index is 11.5. The van der Waals surface area contributed by atoms with E-state index in [-0.39, 0.29) is 6.61 Å². The minimum absolute atomic E-state index is 0.262. The lowest BCUT2D eigenvalue weighted by Crippen LogP contribution is -2.37. The number of ether oxygens (including phenoxy) is 2. The first kappa shape index (κ1) is 16.3. The molecule has 0 aliphatic carbocycles. The Bertz CT molecular complexity index is 691. The van der Waals surface area contributed by atoms with Crippen molar-refractivity contribution in [3.8, 4) is 11.8 Å². The van der Waals surface area contributed by atoms with Gasteiger partial charge in [0.1, 0.15) is 12.4 Å². The fraction of sp³-hybridized carbons (Fsp3) is 0.176. The highest BCUT2D eigenvalue weighted by atomic mass is 16.6. The Labute approximate surface area is 134 Å². The molecule has 2 rings (SSSR count). The molecule has 0 unspecified atom stereocenters. The molecule has 0 aliphatic rings. The van der Waals surface area contributed by atoms with Crippen LogP contribution in [0.25, 0.3) is 0 Å². The summed E-state index contributed by atoms with van der Waals surface area (Å²) in [6.45, 7) is 2.36. The molecular weight excluding hydrogens is 294 g/mol. The standard InChI is InChI=1S/C17H17N3O3/c1-2-22-17(21)20(19)15-7-9-16(10-8-15)23-12-14-5-3-13(11-18)4-6-14/h3-10H,2,12,19H2,1H3. The van der Waals surface area contributed by atoms with Gasteiger partial charge in [0, 0.05) is 0 Å². The van der Waals surface area contributed by atoms with Crippen LogP contribution >= 0.6 is 0 Å². The van der Waals surface area contributed by atoms with Crippen molar-refractivity contribution >= 4 is 11.8 Å². The van der Waals surface area contributed by atoms with Crippen LogP contribution in [0.4, 0.5) is 10.5 Å². The number of anilines is 1. The lowest BCUT2D eigenvalue weighted by atomic mass is 10.1. The van der Waals surface area contributed by atoms with E-state index >= 15 is 0 Å². The summed E-state index contributed by atoms with van der Waals surface area (Å²) >= 11 is 0. The molecule has 2 N–H and O–H groups in total. The Morgan fingerprint density at radius 1 is 1.17 bits per heavy atom. The number of hydrazine groups is 1. The lowest BCUT2D eigenvalue weighted by molar-refractivity contribution is 0.160. The SMILES string of the molecule is CCOC(=O)N(N)c1ccc(OCc2ccc(C#N)cc2)cc1. The summed E-state index contributed by atoms with van der Waals surface area (Å²) in [7, 11) is 0. The normalized spacial score (nSPS) is 9.78. The minimum atomic E-state index is -0.612. The van der Waals surface area contributed by atoms with E-state index in [1.165, 1.54) is 0 Å². The van der Waals surface area contributed by atoms with Gasteiger partial charge in [0.2, 0.25) is 0 Å². The molecule has 0 bridgehead atoms. The van der Waals surface area contributed by atoms with E-state index in [2.05, 4.69) is 6.07 Å². The number of carbonyl (C=O) groups excluding carboxylic acids is 1. The Morgan fingerprint density at radius 3 is 2.39 bits per heavy atom. The van der Waals surface area contributed by atoms with Crippen molar-refractivity contribution in [2.24, 2.45) is 5.84 Å². The summed E-state index contributed by atoms with van der Waals surface area (Å²) in [5.41, 5.74) is 2.08. The van der Waals surface area contributed by atoms with Gasteiger partial charge in [0.05, 0.1) is 23.9 Å². The smallest absolute Gasteiger partial charge is 0.428 e. The molecule has 0 heterocycles. The van der Waals surface area contributed by atoms with Gasteiger partial charge in [-0.3, -0.25) is 0 Å². The van der Waals surface area contributed by atoms with Crippen LogP contribution in [-0.2, 0) is 11.3 Å². The van der Waals surface area contributed by atoms with E-state index in [4.69, 9.17) is 20.6 Å². The number of nitriles is 1. The molecule has 1 amide bonds. The third-order valence-corrected chi connectivity index (χ3v) is 3.07. The van der Waals surface area contributed by atoms with E-state index in [0.29, 0.717) is 23.6 Å². The van der Waals surface area contributed by atoms with Crippen molar-refractivity contribution in [1.29, 1.82) is 5.26 Å². The van der Waals surface area contributed by atoms with E-state index in [9.17, 15) is 4.79 Å². The molecular formula is C17H17N3O3. The van der Waals surface area contributed by atoms with Crippen molar-refractivity contribution in [1.82, 2.24) is 0 Å². The predicted molar refractivity (Wildman–Crippen MR) is 85.6 cm³/mol. The number of hydrogen-bond acceptors (Lipinski definition) is 5. The number of carbonyl (C=O) groups is 1. The summed E-state index contributed by atoms with van der Waals surface area (Å²) in [6, 6.07) is 16.0. The fourth-order valence-electron chi connectivity index (χ4n) is 1.84. The molecule has 118 valence electrons. The Kier molecular flexibility index (Phi) is 5.56. The van der Waals surface area contributed by atoms with Gasteiger partial charge in [0.15, 0.2) is 0 Å². The van der Waals surface area contributed by atoms with Crippen LogP contribution < -0.4 is 15.6 Å². The van der Waals surface area contributed by atoms with Gasteiger partial charge >= 0.3 is 6.09 Å². The van der Waals surface area contributed by atoms with Crippen LogP contribution in [0.5, 0.6) is 5.75 Å². The van der Waals surface area contributed by atoms with Gasteiger partial charge in [-0.2, -0.15) is 5.26 Å². The van der Waals surface area contributed by atoms with Crippen LogP contribution in [0, 0.1) is 11.3 Å². The monoisotopic (exact) mass is 311 g/mol. The summed E-state index contributed by atoms with van der Waals surface area (Å²) in [5.74, 6) is 6.31. The molecule has 2 aromatic rings. The number of amides is 1. The first-order chi connectivity index (χ1) is 11.1. The Hall–Kier alpha value is -3.04. The second-order valence-corrected chi connectivity index (χ2v) is 4.66. The maximum atomic E-state index is 11.5. The van der Waals surface area contributed by atoms with E-state index in [1.807, 2.05) is 12.1 Å². The molecule has 0 saturated carbocycles. The quantitative estimate of drug-likeness (QED) is 0.521. The zero-order valence-corrected chi connectivity index (χ0v) is 12.7. The van der Waals surface area contributed by atoms with Gasteiger partial charge in [-0.1, -0.05) is 12.1 Å². The first-order valence-electron chi connectivity index (χ1n) is 7.07. The number of nitrogens with two attached hydrogens (primary N) is 1. The van der Waals surface area contributed by atoms with Crippen molar-refractivity contribution in [3.05, 3.63) is 59.7 Å². The highest BCUT2D eigenvalue weighted by molar-refractivity contribution is 5.86. The molecule has 0 radical (unpaired) electrons. The predicted octanol–water partition coefficient (Wildman–Crippen LogP) is 2.97.